The average molecular weight is 999 g/mol. The molecule has 0 aromatic carbocycles. The maximum atomic E-state index is 14.2. The number of allylic oxidation sites excluding steroid dienone is 4. The number of hydrogen-bond donors (Lipinski definition) is 0. The van der Waals surface area contributed by atoms with Crippen molar-refractivity contribution in [2.45, 2.75) is 90.4 Å². The van der Waals surface area contributed by atoms with Crippen molar-refractivity contribution in [2.24, 2.45) is 53.3 Å². The maximum Gasteiger partial charge on any atom is 0.307 e. The van der Waals surface area contributed by atoms with E-state index in [0.29, 0.717) is 47.3 Å². The van der Waals surface area contributed by atoms with Crippen LogP contribution in [0.25, 0.3) is 0 Å². The number of ether oxygens (including phenoxy) is 2. The van der Waals surface area contributed by atoms with Crippen LogP contribution >= 0.6 is 0 Å². The Balaban J connectivity index is 0.987. The van der Waals surface area contributed by atoms with E-state index in [1.54, 1.807) is 20.8 Å². The van der Waals surface area contributed by atoms with Gasteiger partial charge in [-0.25, -0.2) is 0 Å². The van der Waals surface area contributed by atoms with Crippen molar-refractivity contribution in [2.75, 3.05) is 13.1 Å². The lowest BCUT2D eigenvalue weighted by atomic mass is 9.80. The van der Waals surface area contributed by atoms with Gasteiger partial charge >= 0.3 is 11.9 Å². The number of terminal acetylenes is 1. The van der Waals surface area contributed by atoms with Crippen LogP contribution < -0.4 is 0 Å². The van der Waals surface area contributed by atoms with Gasteiger partial charge in [-0.1, -0.05) is 38.2 Å². The molecule has 8 heteroatoms. The highest BCUT2D eigenvalue weighted by Crippen LogP contribution is 2.58. The lowest BCUT2D eigenvalue weighted by Crippen LogP contribution is -2.50. The van der Waals surface area contributed by atoms with Gasteiger partial charge in [0.25, 0.3) is 5.91 Å². The first-order chi connectivity index (χ1) is 37.7. The fourth-order valence-corrected chi connectivity index (χ4v) is 10.6. The Morgan fingerprint density at radius 2 is 0.792 bits per heavy atom. The van der Waals surface area contributed by atoms with Gasteiger partial charge in [-0.05, 0) is 128 Å². The number of nitrogens with zero attached hydrogens (tertiary/aromatic N) is 2. The van der Waals surface area contributed by atoms with E-state index in [2.05, 4.69) is 232 Å². The second-order valence-corrected chi connectivity index (χ2v) is 18.4. The van der Waals surface area contributed by atoms with Crippen molar-refractivity contribution >= 4 is 23.8 Å². The largest absolute Gasteiger partial charge is 0.462 e. The smallest absolute Gasteiger partial charge is 0.307 e. The monoisotopic (exact) mass is 998 g/mol. The Bertz CT molecular complexity index is 3690. The summed E-state index contributed by atoms with van der Waals surface area (Å²) in [5.74, 6) is 86.9. The molecule has 11 unspecified atom stereocenters. The van der Waals surface area contributed by atoms with Gasteiger partial charge in [0.05, 0.1) is 12.8 Å². The quantitative estimate of drug-likeness (QED) is 0.132. The molecule has 6 aliphatic carbocycles. The zero-order valence-corrected chi connectivity index (χ0v) is 42.7. The highest BCUT2D eigenvalue weighted by molar-refractivity contribution is 5.89. The number of hydrogen-bond acceptors (Lipinski definition) is 6. The minimum absolute atomic E-state index is 0.0130. The van der Waals surface area contributed by atoms with E-state index in [-0.39, 0.29) is 50.0 Å². The molecule has 0 N–H and O–H groups in total. The molecule has 0 heterocycles. The number of fused-ring (bicyclic) bond motifs is 10. The summed E-state index contributed by atoms with van der Waals surface area (Å²) >= 11 is 0. The molecule has 6 rings (SSSR count). The third-order valence-corrected chi connectivity index (χ3v) is 13.7. The van der Waals surface area contributed by atoms with E-state index in [4.69, 9.17) is 15.9 Å². The van der Waals surface area contributed by atoms with E-state index in [1.165, 1.54) is 9.80 Å². The molecule has 4 fully saturated rings. The molecule has 8 nitrogen and oxygen atoms in total. The van der Waals surface area contributed by atoms with E-state index < -0.39 is 23.8 Å². The third kappa shape index (κ3) is 17.3. The van der Waals surface area contributed by atoms with Crippen molar-refractivity contribution in [3.05, 3.63) is 24.3 Å². The van der Waals surface area contributed by atoms with Gasteiger partial charge < -0.3 is 14.4 Å². The van der Waals surface area contributed by atoms with Crippen LogP contribution in [0.5, 0.6) is 0 Å². The van der Waals surface area contributed by atoms with Crippen LogP contribution in [0.4, 0.5) is 0 Å². The SMILES string of the molecule is C#CC#CC#CC#CC#CC#CC#CC#CC#CC#CC#CC#CC#CC#CC#CC#CC#CC#CN(CCC(=O)OC1CC2CC1C1C=CCC21)C(=O)C(C)N(CCC(=O)OC1CC2CC1C1C=CCC21)C(=O)C(C)C. The van der Waals surface area contributed by atoms with E-state index in [9.17, 15) is 19.2 Å². The first-order valence-electron chi connectivity index (χ1n) is 25.0. The van der Waals surface area contributed by atoms with Gasteiger partial charge in [-0.2, -0.15) is 0 Å². The van der Waals surface area contributed by atoms with E-state index in [0.717, 1.165) is 38.5 Å². The summed E-state index contributed by atoms with van der Waals surface area (Å²) in [7, 11) is 0. The summed E-state index contributed by atoms with van der Waals surface area (Å²) in [4.78, 5) is 57.0. The summed E-state index contributed by atoms with van der Waals surface area (Å²) in [6, 6.07) is 1.75. The molecule has 0 aromatic rings. The molecular formula is C69H46N2O6. The van der Waals surface area contributed by atoms with Crippen molar-refractivity contribution in [1.29, 1.82) is 0 Å². The van der Waals surface area contributed by atoms with Crippen LogP contribution in [0.2, 0.25) is 0 Å². The number of esters is 2. The number of carbonyl (C=O) groups is 4. The Morgan fingerprint density at radius 1 is 0.455 bits per heavy atom. The molecule has 0 spiro atoms. The summed E-state index contributed by atoms with van der Waals surface area (Å²) in [6.07, 6.45) is 19.6. The minimum Gasteiger partial charge on any atom is -0.462 e. The van der Waals surface area contributed by atoms with Crippen LogP contribution in [-0.2, 0) is 28.7 Å². The second kappa shape index (κ2) is 30.5. The van der Waals surface area contributed by atoms with Crippen LogP contribution in [0.3, 0.4) is 0 Å². The first-order valence-corrected chi connectivity index (χ1v) is 25.0. The van der Waals surface area contributed by atoms with Crippen LogP contribution in [-0.4, -0.2) is 64.9 Å². The predicted molar refractivity (Wildman–Crippen MR) is 292 cm³/mol. The zero-order valence-electron chi connectivity index (χ0n) is 42.7. The minimum atomic E-state index is -1.01. The zero-order chi connectivity index (χ0) is 54.5. The number of rotatable bonds is 11. The second-order valence-electron chi connectivity index (χ2n) is 18.4. The standard InChI is InChI=1S/C69H46N2O6/c1-5-6-7-8-9-10-11-12-13-14-15-16-17-18-19-20-21-22-23-24-25-26-27-28-29-30-31-32-33-34-35-36-37-38-47-70(48-45-66(72)76-64-52-56-50-62(64)60-43-39-41-58(56)60)69(75)55(4)71(68(74)54(2)3)49-46-67(73)77-65-53-57-51-63(65)61-44-40-42-59(57)61/h1,39-40,43-44,54-65H,41-42,45-46,48-53H2,2-4H3. The molecule has 4 saturated carbocycles. The molecule has 0 radical (unpaired) electrons. The van der Waals surface area contributed by atoms with E-state index >= 15 is 0 Å². The summed E-state index contributed by atoms with van der Waals surface area (Å²) < 4.78 is 12.0. The summed E-state index contributed by atoms with van der Waals surface area (Å²) in [5.41, 5.74) is 0. The number of carbonyl (C=O) groups excluding carboxylic acids is 4. The Kier molecular flexibility index (Phi) is 22.1. The Labute approximate surface area is 455 Å². The van der Waals surface area contributed by atoms with Crippen LogP contribution in [0, 0.1) is 267 Å². The van der Waals surface area contributed by atoms with Gasteiger partial charge in [-0.3, -0.25) is 24.1 Å². The van der Waals surface area contributed by atoms with Crippen molar-refractivity contribution in [3.63, 3.8) is 0 Å². The molecule has 77 heavy (non-hydrogen) atoms. The Hall–Kier alpha value is -10.6. The van der Waals surface area contributed by atoms with Gasteiger partial charge in [0, 0.05) is 191 Å². The third-order valence-electron chi connectivity index (χ3n) is 13.7. The molecule has 0 saturated heterocycles. The highest BCUT2D eigenvalue weighted by Gasteiger charge is 2.55. The van der Waals surface area contributed by atoms with E-state index in [1.807, 2.05) is 0 Å². The fraction of sp³-hybridized carbons (Fsp3) is 0.362. The average Bonchev–Trinajstić information content (AvgIpc) is 4.36. The van der Waals surface area contributed by atoms with Crippen molar-refractivity contribution in [3.8, 4) is 214 Å². The highest BCUT2D eigenvalue weighted by atomic mass is 16.5. The van der Waals surface area contributed by atoms with Gasteiger partial charge in [0.2, 0.25) is 5.91 Å². The van der Waals surface area contributed by atoms with Gasteiger partial charge in [-0.15, -0.1) is 6.42 Å². The first kappa shape index (κ1) is 55.7. The summed E-state index contributed by atoms with van der Waals surface area (Å²) in [5, 5.41) is 0. The predicted octanol–water partition coefficient (Wildman–Crippen LogP) is 4.40. The Morgan fingerprint density at radius 3 is 1.14 bits per heavy atom. The van der Waals surface area contributed by atoms with Crippen LogP contribution in [0.1, 0.15) is 72.1 Å². The molecular weight excluding hydrogens is 953 g/mol. The lowest BCUT2D eigenvalue weighted by molar-refractivity contribution is -0.156. The molecule has 0 aliphatic heterocycles. The molecule has 11 atom stereocenters. The maximum absolute atomic E-state index is 14.2. The van der Waals surface area contributed by atoms with Crippen molar-refractivity contribution < 1.29 is 28.7 Å². The van der Waals surface area contributed by atoms with Gasteiger partial charge in [0.15, 0.2) is 0 Å². The number of amides is 2. The molecule has 368 valence electrons. The van der Waals surface area contributed by atoms with Crippen molar-refractivity contribution in [1.82, 2.24) is 9.80 Å². The lowest BCUT2D eigenvalue weighted by Gasteiger charge is -2.33. The summed E-state index contributed by atoms with van der Waals surface area (Å²) in [6.45, 7) is 4.98. The van der Waals surface area contributed by atoms with Gasteiger partial charge in [0.1, 0.15) is 18.2 Å². The molecule has 0 aromatic heterocycles. The van der Waals surface area contributed by atoms with Crippen LogP contribution in [0.15, 0.2) is 24.3 Å². The molecule has 6 aliphatic rings. The normalized spacial score (nSPS) is 22.1. The topological polar surface area (TPSA) is 93.2 Å². The fourth-order valence-electron chi connectivity index (χ4n) is 10.6. The molecule has 4 bridgehead atoms. The molecule has 2 amide bonds.